The second-order valence-corrected chi connectivity index (χ2v) is 6.83. The van der Waals surface area contributed by atoms with E-state index in [2.05, 4.69) is 25.9 Å². The summed E-state index contributed by atoms with van der Waals surface area (Å²) in [7, 11) is 0. The van der Waals surface area contributed by atoms with Crippen LogP contribution in [0.5, 0.6) is 0 Å². The summed E-state index contributed by atoms with van der Waals surface area (Å²) in [5.41, 5.74) is 0.320. The molecule has 1 fully saturated rings. The molecule has 2 aromatic heterocycles. The van der Waals surface area contributed by atoms with Crippen LogP contribution in [0.3, 0.4) is 0 Å². The van der Waals surface area contributed by atoms with Gasteiger partial charge in [0.05, 0.1) is 5.56 Å². The number of rotatable bonds is 3. The maximum absolute atomic E-state index is 13.5. The highest BCUT2D eigenvalue weighted by molar-refractivity contribution is 5.44. The van der Waals surface area contributed by atoms with Crippen LogP contribution in [0.4, 0.5) is 19.0 Å². The monoisotopic (exact) mass is 376 g/mol. The number of nitrogens with one attached hydrogen (secondary N) is 1. The molecule has 2 atom stereocenters. The van der Waals surface area contributed by atoms with Gasteiger partial charge in [0, 0.05) is 12.0 Å². The fourth-order valence-corrected chi connectivity index (χ4v) is 3.85. The lowest BCUT2D eigenvalue weighted by Crippen LogP contribution is -2.29. The smallest absolute Gasteiger partial charge is 0.365 e. The fraction of sp³-hybridized carbons (Fsp3) is 0.444. The maximum atomic E-state index is 13.5. The topological polar surface area (TPSA) is 68.0 Å². The van der Waals surface area contributed by atoms with E-state index in [1.165, 1.54) is 16.8 Å². The summed E-state index contributed by atoms with van der Waals surface area (Å²) >= 11 is 0. The van der Waals surface area contributed by atoms with Crippen molar-refractivity contribution < 1.29 is 13.2 Å². The van der Waals surface area contributed by atoms with Crippen molar-refractivity contribution in [3.05, 3.63) is 47.5 Å². The van der Waals surface area contributed by atoms with Gasteiger partial charge in [-0.2, -0.15) is 13.2 Å². The second-order valence-electron chi connectivity index (χ2n) is 6.83. The van der Waals surface area contributed by atoms with Gasteiger partial charge in [-0.05, 0) is 47.0 Å². The Labute approximate surface area is 153 Å². The molecule has 1 N–H and O–H groups in total. The zero-order chi connectivity index (χ0) is 18.9. The molecular formula is C18H19F3N6. The molecule has 3 aromatic rings. The van der Waals surface area contributed by atoms with Gasteiger partial charge in [-0.25, -0.2) is 0 Å². The summed E-state index contributed by atoms with van der Waals surface area (Å²) in [6.07, 6.45) is 0.0212. The first-order valence-corrected chi connectivity index (χ1v) is 9.00. The van der Waals surface area contributed by atoms with Crippen LogP contribution in [0.2, 0.25) is 0 Å². The highest BCUT2D eigenvalue weighted by Gasteiger charge is 2.37. The van der Waals surface area contributed by atoms with Gasteiger partial charge in [-0.3, -0.25) is 0 Å². The van der Waals surface area contributed by atoms with Gasteiger partial charge < -0.3 is 5.32 Å². The van der Waals surface area contributed by atoms with Gasteiger partial charge in [-0.15, -0.1) is 14.8 Å². The third kappa shape index (κ3) is 3.72. The molecule has 1 aliphatic carbocycles. The average molecular weight is 376 g/mol. The molecule has 0 unspecified atom stereocenters. The molecule has 1 saturated carbocycles. The first kappa shape index (κ1) is 17.7. The van der Waals surface area contributed by atoms with Crippen molar-refractivity contribution in [3.8, 4) is 0 Å². The van der Waals surface area contributed by atoms with Crippen molar-refractivity contribution in [3.63, 3.8) is 0 Å². The fourth-order valence-electron chi connectivity index (χ4n) is 3.85. The van der Waals surface area contributed by atoms with Crippen LogP contribution in [-0.4, -0.2) is 31.3 Å². The normalized spacial score (nSPS) is 21.1. The van der Waals surface area contributed by atoms with Crippen LogP contribution in [0.15, 0.2) is 36.4 Å². The number of nitrogens with zero attached hydrogens (tertiary/aromatic N) is 5. The Morgan fingerprint density at radius 3 is 2.67 bits per heavy atom. The van der Waals surface area contributed by atoms with E-state index in [9.17, 15) is 13.2 Å². The predicted molar refractivity (Wildman–Crippen MR) is 93.3 cm³/mol. The molecule has 0 spiro atoms. The molecule has 0 aliphatic heterocycles. The van der Waals surface area contributed by atoms with E-state index in [1.54, 1.807) is 24.3 Å². The number of hydrogen-bond acceptors (Lipinski definition) is 5. The average Bonchev–Trinajstić information content (AvgIpc) is 2.99. The van der Waals surface area contributed by atoms with Crippen LogP contribution in [-0.2, 0) is 6.18 Å². The Balaban J connectivity index is 1.67. The third-order valence-corrected chi connectivity index (χ3v) is 5.08. The second kappa shape index (κ2) is 7.13. The molecule has 142 valence electrons. The summed E-state index contributed by atoms with van der Waals surface area (Å²) in [6, 6.07) is 9.23. The number of anilines is 1. The minimum absolute atomic E-state index is 0.141. The largest absolute Gasteiger partial charge is 0.416 e. The van der Waals surface area contributed by atoms with E-state index in [1.807, 2.05) is 0 Å². The van der Waals surface area contributed by atoms with Gasteiger partial charge in [0.25, 0.3) is 0 Å². The molecule has 9 heteroatoms. The Morgan fingerprint density at radius 1 is 1.00 bits per heavy atom. The molecule has 27 heavy (non-hydrogen) atoms. The lowest BCUT2D eigenvalue weighted by molar-refractivity contribution is -0.138. The van der Waals surface area contributed by atoms with Crippen molar-refractivity contribution in [2.75, 3.05) is 5.32 Å². The molecule has 0 amide bonds. The summed E-state index contributed by atoms with van der Waals surface area (Å²) in [6.45, 7) is 0. The van der Waals surface area contributed by atoms with Crippen molar-refractivity contribution in [1.29, 1.82) is 0 Å². The van der Waals surface area contributed by atoms with Crippen molar-refractivity contribution in [2.24, 2.45) is 0 Å². The quantitative estimate of drug-likeness (QED) is 0.698. The van der Waals surface area contributed by atoms with Crippen LogP contribution in [0.25, 0.3) is 5.65 Å². The van der Waals surface area contributed by atoms with E-state index in [4.69, 9.17) is 0 Å². The summed E-state index contributed by atoms with van der Waals surface area (Å²) in [5, 5.41) is 18.8. The van der Waals surface area contributed by atoms with Gasteiger partial charge in [-0.1, -0.05) is 37.5 Å². The number of aromatic nitrogens is 5. The zero-order valence-corrected chi connectivity index (χ0v) is 14.5. The SMILES string of the molecule is FC(F)(F)c1ccccc1[C@@H]1CCCCC[C@@H]1Nc1ccc2nnnn2n1. The van der Waals surface area contributed by atoms with Crippen LogP contribution >= 0.6 is 0 Å². The number of halogens is 3. The van der Waals surface area contributed by atoms with E-state index in [0.29, 0.717) is 23.4 Å². The Morgan fingerprint density at radius 2 is 1.81 bits per heavy atom. The Hall–Kier alpha value is -2.71. The lowest BCUT2D eigenvalue weighted by atomic mass is 9.84. The number of alkyl halides is 3. The van der Waals surface area contributed by atoms with Crippen LogP contribution in [0.1, 0.15) is 49.1 Å². The van der Waals surface area contributed by atoms with Crippen molar-refractivity contribution in [2.45, 2.75) is 50.2 Å². The van der Waals surface area contributed by atoms with E-state index >= 15 is 0 Å². The van der Waals surface area contributed by atoms with E-state index in [-0.39, 0.29) is 12.0 Å². The number of fused-ring (bicyclic) bond motifs is 1. The summed E-state index contributed by atoms with van der Waals surface area (Å²) in [4.78, 5) is 0. The summed E-state index contributed by atoms with van der Waals surface area (Å²) in [5.74, 6) is 0.313. The van der Waals surface area contributed by atoms with E-state index in [0.717, 1.165) is 25.7 Å². The number of hydrogen-bond donors (Lipinski definition) is 1. The standard InChI is InChI=1S/C18H19F3N6/c19-18(20,21)14-8-5-4-6-12(14)13-7-2-1-3-9-15(13)22-16-10-11-17-23-25-26-27(17)24-16/h4-6,8,10-11,13,15H,1-3,7,9H2,(H,22,24)/t13-,15-/m0/s1. The third-order valence-electron chi connectivity index (χ3n) is 5.08. The van der Waals surface area contributed by atoms with Gasteiger partial charge >= 0.3 is 6.18 Å². The molecule has 0 radical (unpaired) electrons. The first-order valence-electron chi connectivity index (χ1n) is 9.00. The molecule has 2 heterocycles. The molecule has 1 aliphatic rings. The minimum atomic E-state index is -4.36. The van der Waals surface area contributed by atoms with E-state index < -0.39 is 11.7 Å². The molecule has 6 nitrogen and oxygen atoms in total. The maximum Gasteiger partial charge on any atom is 0.416 e. The van der Waals surface area contributed by atoms with Crippen molar-refractivity contribution in [1.82, 2.24) is 25.3 Å². The van der Waals surface area contributed by atoms with Crippen molar-refractivity contribution >= 4 is 11.5 Å². The zero-order valence-electron chi connectivity index (χ0n) is 14.5. The van der Waals surface area contributed by atoms with Crippen LogP contribution in [0, 0.1) is 0 Å². The highest BCUT2D eigenvalue weighted by atomic mass is 19.4. The first-order chi connectivity index (χ1) is 13.0. The Bertz CT molecular complexity index is 923. The van der Waals surface area contributed by atoms with Gasteiger partial charge in [0.1, 0.15) is 5.82 Å². The molecule has 4 rings (SSSR count). The molecule has 0 bridgehead atoms. The highest BCUT2D eigenvalue weighted by Crippen LogP contribution is 2.40. The van der Waals surface area contributed by atoms with Gasteiger partial charge in [0.2, 0.25) is 0 Å². The number of benzene rings is 1. The predicted octanol–water partition coefficient (Wildman–Crippen LogP) is 4.07. The minimum Gasteiger partial charge on any atom is -0.365 e. The van der Waals surface area contributed by atoms with Crippen LogP contribution < -0.4 is 5.32 Å². The lowest BCUT2D eigenvalue weighted by Gasteiger charge is -2.29. The Kier molecular flexibility index (Phi) is 4.67. The molecule has 1 aromatic carbocycles. The summed E-state index contributed by atoms with van der Waals surface area (Å²) < 4.78 is 41.9. The molecule has 0 saturated heterocycles. The number of tetrazole rings is 1. The molecular weight excluding hydrogens is 357 g/mol. The van der Waals surface area contributed by atoms with Gasteiger partial charge in [0.15, 0.2) is 5.65 Å².